The molecule has 0 radical (unpaired) electrons. The fraction of sp³-hybridized carbons (Fsp3) is 0.937. The number of rotatable bonds is 15. The van der Waals surface area contributed by atoms with Crippen LogP contribution in [0.3, 0.4) is 0 Å². The van der Waals surface area contributed by atoms with Crippen LogP contribution in [-0.2, 0) is 66.4 Å². The van der Waals surface area contributed by atoms with Crippen molar-refractivity contribution in [2.24, 2.45) is 50.2 Å². The number of aliphatic carboxylic acids is 1. The van der Waals surface area contributed by atoms with E-state index in [1.54, 1.807) is 0 Å². The van der Waals surface area contributed by atoms with Crippen molar-refractivity contribution in [3.63, 3.8) is 0 Å². The molecule has 11 rings (SSSR count). The summed E-state index contributed by atoms with van der Waals surface area (Å²) in [5.41, 5.74) is -5.66. The van der Waals surface area contributed by atoms with Crippen LogP contribution in [-0.4, -0.2) is 315 Å². The van der Waals surface area contributed by atoms with Gasteiger partial charge < -0.3 is 149 Å². The van der Waals surface area contributed by atoms with Crippen LogP contribution in [0.5, 0.6) is 0 Å². The van der Waals surface area contributed by atoms with E-state index >= 15 is 4.79 Å². The molecule has 11 aliphatic rings. The van der Waals surface area contributed by atoms with Gasteiger partial charge in [0.1, 0.15) is 127 Å². The van der Waals surface area contributed by atoms with Crippen LogP contribution >= 0.6 is 0 Å². The maximum atomic E-state index is 15.7. The van der Waals surface area contributed by atoms with Crippen molar-refractivity contribution in [2.45, 2.75) is 291 Å². The van der Waals surface area contributed by atoms with Crippen LogP contribution < -0.4 is 0 Å². The topological polar surface area (TPSA) is 509 Å². The molecule has 10 fully saturated rings. The second-order valence-corrected chi connectivity index (χ2v) is 30.5. The molecule has 32 nitrogen and oxygen atoms in total. The highest BCUT2D eigenvalue weighted by Gasteiger charge is 2.74. The Kier molecular flexibility index (Phi) is 21.0. The normalized spacial score (nSPS) is 55.4. The Labute approximate surface area is 548 Å². The number of allylic oxidation sites excluding steroid dienone is 2. The second-order valence-electron chi connectivity index (χ2n) is 30.5. The predicted octanol–water partition coefficient (Wildman–Crippen LogP) is -5.41. The minimum absolute atomic E-state index is 0.00164. The summed E-state index contributed by atoms with van der Waals surface area (Å²) < 4.78 is 71.7. The maximum Gasteiger partial charge on any atom is 0.317 e. The number of carbonyl (C=O) groups is 2. The fourth-order valence-electron chi connectivity index (χ4n) is 18.8. The maximum absolute atomic E-state index is 15.7. The van der Waals surface area contributed by atoms with Gasteiger partial charge in [-0.25, -0.2) is 0 Å². The Morgan fingerprint density at radius 3 is 1.71 bits per heavy atom. The first-order valence-electron chi connectivity index (χ1n) is 33.2. The van der Waals surface area contributed by atoms with E-state index in [1.807, 2.05) is 13.8 Å². The Morgan fingerprint density at radius 1 is 0.516 bits per heavy atom. The SMILES string of the molecule is C[C@@H]1O[C@H](O[C@@H]2[C@@H](O)[C@@H](O)[C@@H](O[C@@H]3CO[C@@H](OC(=O)[C@]45CCC(C)(C)C[C@H]4C4=CC[C@@H]6[C@@]7(C)C[C@H](O)[C@H](O[C@@H]8O[C@H](CO)[C@@H](O)[C@H](O)[C@H]8O)[C@@](C)(C(=O)O)[C@@H]7CC[C@@]6(C)[C@]4(C)CC5O)[C@H](O)[C@H]3O[C@@H]3OC[C@@H](O)[C@H](O)[C@H]3O[C@@H]3O[C@H](CO)[C@H](O)[C@H]3O)O[C@H]2C)[C@H](O)[C@H](O)[C@H]1O. The molecule has 0 aromatic heterocycles. The molecule has 6 aliphatic heterocycles. The van der Waals surface area contributed by atoms with Crippen LogP contribution in [0.15, 0.2) is 11.6 Å². The lowest BCUT2D eigenvalue weighted by Gasteiger charge is -2.71. The average molecular weight is 1370 g/mol. The minimum Gasteiger partial charge on any atom is -0.481 e. The van der Waals surface area contributed by atoms with Gasteiger partial charge in [0.05, 0.1) is 56.3 Å². The average Bonchev–Trinajstić information content (AvgIpc) is 1.01. The third-order valence-corrected chi connectivity index (χ3v) is 24.6. The summed E-state index contributed by atoms with van der Waals surface area (Å²) in [5.74, 6) is -4.00. The molecule has 0 aromatic carbocycles. The first kappa shape index (κ1) is 73.8. The molecule has 5 aliphatic carbocycles. The molecule has 6 saturated heterocycles. The van der Waals surface area contributed by atoms with Gasteiger partial charge in [-0.05, 0) is 112 Å². The van der Waals surface area contributed by atoms with Crippen molar-refractivity contribution in [3.8, 4) is 0 Å². The first-order valence-corrected chi connectivity index (χ1v) is 33.2. The number of hydrogen-bond donors (Lipinski definition) is 18. The number of hydrogen-bond acceptors (Lipinski definition) is 31. The first-order chi connectivity index (χ1) is 44.4. The summed E-state index contributed by atoms with van der Waals surface area (Å²) in [6.45, 7) is 11.7. The summed E-state index contributed by atoms with van der Waals surface area (Å²) in [4.78, 5) is 29.6. The Hall–Kier alpha value is -2.44. The van der Waals surface area contributed by atoms with Crippen LogP contribution in [0.4, 0.5) is 0 Å². The predicted molar refractivity (Wildman–Crippen MR) is 312 cm³/mol. The van der Waals surface area contributed by atoms with Crippen LogP contribution in [0, 0.1) is 50.2 Å². The number of esters is 1. The molecular weight excluding hydrogens is 1270 g/mol. The summed E-state index contributed by atoms with van der Waals surface area (Å²) >= 11 is 0. The highest BCUT2D eigenvalue weighted by atomic mass is 16.8. The van der Waals surface area contributed by atoms with E-state index in [4.69, 9.17) is 56.8 Å². The zero-order valence-electron chi connectivity index (χ0n) is 54.4. The van der Waals surface area contributed by atoms with E-state index in [1.165, 1.54) is 20.8 Å². The molecule has 18 N–H and O–H groups in total. The molecule has 6 heterocycles. The number of aliphatic hydroxyl groups is 17. The van der Waals surface area contributed by atoms with Gasteiger partial charge in [0.2, 0.25) is 6.29 Å². The number of carbonyl (C=O) groups excluding carboxylic acids is 1. The highest BCUT2D eigenvalue weighted by Crippen LogP contribution is 2.76. The van der Waals surface area contributed by atoms with Crippen molar-refractivity contribution in [1.82, 2.24) is 0 Å². The molecular formula is C63H100O32. The molecule has 1 unspecified atom stereocenters. The van der Waals surface area contributed by atoms with Crippen LogP contribution in [0.2, 0.25) is 0 Å². The van der Waals surface area contributed by atoms with Gasteiger partial charge in [-0.15, -0.1) is 0 Å². The van der Waals surface area contributed by atoms with Crippen molar-refractivity contribution >= 4 is 11.9 Å². The van der Waals surface area contributed by atoms with Crippen molar-refractivity contribution in [3.05, 3.63) is 11.6 Å². The standard InChI is InChI=1S/C63H100O32/c1-22-34(69)38(73)42(77)52(86-22)91-46-23(2)87-51(44(79)40(46)75)90-30-21-85-50(45(80)47(30)92-55-48(35(70)27(67)20-84-55)93-53-41(76)37(72)29(19-65)88-53)95-57(83)63-14-13-58(3,4)15-25(63)24-9-10-31-59(5)16-26(66)49(94-54-43(78)39(74)36(71)28(18-64)89-54)62(8,56(81)82)32(59)11-12-60(31,6)61(24,7)17-33(63)68/h9,22-23,25-55,64-80H,10-21H2,1-8H3,(H,81,82)/t22-,23-,25-,26-,27+,28+,29+,30+,31+,32+,33?,34-,35-,36+,37-,38+,39-,40-,41+,42+,43+,44+,45+,46-,47-,48+,49-,50-,51+,52+,53-,54-,55-,59+,60+,61+,62-,63+/m0/s1. The zero-order valence-corrected chi connectivity index (χ0v) is 54.4. The molecule has 4 saturated carbocycles. The minimum atomic E-state index is -2.12. The monoisotopic (exact) mass is 1370 g/mol. The quantitative estimate of drug-likeness (QED) is 0.0413. The molecule has 544 valence electrons. The van der Waals surface area contributed by atoms with Crippen LogP contribution in [0.25, 0.3) is 0 Å². The number of carboxylic acids is 1. The number of aliphatic hydroxyl groups excluding tert-OH is 17. The van der Waals surface area contributed by atoms with Gasteiger partial charge in [-0.1, -0.05) is 46.3 Å². The molecule has 32 heteroatoms. The van der Waals surface area contributed by atoms with Gasteiger partial charge in [-0.3, -0.25) is 9.59 Å². The number of carboxylic acid groups (broad SMARTS) is 1. The van der Waals surface area contributed by atoms with E-state index in [-0.39, 0.29) is 31.6 Å². The molecule has 38 atom stereocenters. The third-order valence-electron chi connectivity index (χ3n) is 24.6. The summed E-state index contributed by atoms with van der Waals surface area (Å²) in [6.07, 6.45) is -46.3. The summed E-state index contributed by atoms with van der Waals surface area (Å²) in [7, 11) is 0. The smallest absolute Gasteiger partial charge is 0.317 e. The van der Waals surface area contributed by atoms with Gasteiger partial charge in [0, 0.05) is 0 Å². The summed E-state index contributed by atoms with van der Waals surface area (Å²) in [6, 6.07) is 0. The molecule has 0 aromatic rings. The van der Waals surface area contributed by atoms with E-state index in [9.17, 15) is 96.7 Å². The van der Waals surface area contributed by atoms with Gasteiger partial charge >= 0.3 is 11.9 Å². The van der Waals surface area contributed by atoms with E-state index in [2.05, 4.69) is 26.8 Å². The Bertz CT molecular complexity index is 2750. The lowest BCUT2D eigenvalue weighted by atomic mass is 9.33. The van der Waals surface area contributed by atoms with Gasteiger partial charge in [0.15, 0.2) is 31.5 Å². The van der Waals surface area contributed by atoms with E-state index < -0.39 is 267 Å². The highest BCUT2D eigenvalue weighted by molar-refractivity contribution is 5.80. The molecule has 0 amide bonds. The Balaban J connectivity index is 0.869. The van der Waals surface area contributed by atoms with Gasteiger partial charge in [-0.2, -0.15) is 0 Å². The van der Waals surface area contributed by atoms with Gasteiger partial charge in [0.25, 0.3) is 0 Å². The van der Waals surface area contributed by atoms with Crippen molar-refractivity contribution < 1.29 is 158 Å². The Morgan fingerprint density at radius 2 is 1.06 bits per heavy atom. The lowest BCUT2D eigenvalue weighted by molar-refractivity contribution is -0.381. The van der Waals surface area contributed by atoms with Crippen molar-refractivity contribution in [2.75, 3.05) is 26.4 Å². The van der Waals surface area contributed by atoms with E-state index in [0.29, 0.717) is 25.7 Å². The second kappa shape index (κ2) is 27.1. The number of ether oxygens (including phenoxy) is 12. The number of fused-ring (bicyclic) bond motifs is 7. The molecule has 0 bridgehead atoms. The lowest BCUT2D eigenvalue weighted by Crippen LogP contribution is -2.71. The van der Waals surface area contributed by atoms with E-state index in [0.717, 1.165) is 5.57 Å². The largest absolute Gasteiger partial charge is 0.481 e. The fourth-order valence-corrected chi connectivity index (χ4v) is 18.8. The van der Waals surface area contributed by atoms with Crippen molar-refractivity contribution in [1.29, 1.82) is 0 Å². The molecule has 95 heavy (non-hydrogen) atoms. The summed E-state index contributed by atoms with van der Waals surface area (Å²) in [5, 5.41) is 199. The third kappa shape index (κ3) is 12.2. The molecule has 0 spiro atoms. The van der Waals surface area contributed by atoms with Crippen LogP contribution in [0.1, 0.15) is 107 Å². The zero-order chi connectivity index (χ0) is 69.5.